The smallest absolute Gasteiger partial charge is 0.326 e. The van der Waals surface area contributed by atoms with Crippen molar-refractivity contribution in [1.29, 1.82) is 0 Å². The first-order chi connectivity index (χ1) is 8.54. The Morgan fingerprint density at radius 3 is 2.89 bits per heavy atom. The van der Waals surface area contributed by atoms with E-state index in [-0.39, 0.29) is 19.1 Å². The second-order valence-electron chi connectivity index (χ2n) is 4.33. The normalized spacial score (nSPS) is 22.1. The Morgan fingerprint density at radius 2 is 2.28 bits per heavy atom. The van der Waals surface area contributed by atoms with Crippen molar-refractivity contribution in [2.45, 2.75) is 31.9 Å². The Morgan fingerprint density at radius 1 is 1.56 bits per heavy atom. The lowest BCUT2D eigenvalue weighted by Crippen LogP contribution is -2.49. The van der Waals surface area contributed by atoms with Crippen molar-refractivity contribution in [3.05, 3.63) is 0 Å². The van der Waals surface area contributed by atoms with Crippen LogP contribution < -0.4 is 5.32 Å². The molecule has 0 aromatic heterocycles. The minimum Gasteiger partial charge on any atom is -0.480 e. The number of carboxylic acids is 1. The quantitative estimate of drug-likeness (QED) is 0.641. The van der Waals surface area contributed by atoms with E-state index in [0.717, 1.165) is 6.42 Å². The zero-order valence-electron chi connectivity index (χ0n) is 10.5. The number of hydrogen-bond acceptors (Lipinski definition) is 4. The third-order valence-electron chi connectivity index (χ3n) is 2.75. The maximum Gasteiger partial charge on any atom is 0.326 e. The molecule has 0 saturated carbocycles. The molecule has 0 bridgehead atoms. The van der Waals surface area contributed by atoms with Crippen molar-refractivity contribution >= 4 is 12.0 Å². The second kappa shape index (κ2) is 7.17. The summed E-state index contributed by atoms with van der Waals surface area (Å²) >= 11 is 0. The van der Waals surface area contributed by atoms with Crippen molar-refractivity contribution in [2.24, 2.45) is 0 Å². The zero-order valence-corrected chi connectivity index (χ0v) is 10.5. The summed E-state index contributed by atoms with van der Waals surface area (Å²) in [7, 11) is 0. The van der Waals surface area contributed by atoms with Gasteiger partial charge in [-0.3, -0.25) is 0 Å². The van der Waals surface area contributed by atoms with Crippen LogP contribution in [0.15, 0.2) is 0 Å². The molecule has 7 nitrogen and oxygen atoms in total. The predicted molar refractivity (Wildman–Crippen MR) is 63.3 cm³/mol. The van der Waals surface area contributed by atoms with Crippen LogP contribution >= 0.6 is 0 Å². The molecule has 1 fully saturated rings. The molecule has 0 aliphatic carbocycles. The molecule has 3 N–H and O–H groups in total. The molecule has 0 spiro atoms. The average molecular weight is 260 g/mol. The molecule has 0 aromatic carbocycles. The van der Waals surface area contributed by atoms with Gasteiger partial charge in [-0.1, -0.05) is 0 Å². The third-order valence-corrected chi connectivity index (χ3v) is 2.75. The number of carboxylic acid groups (broad SMARTS) is 1. The Hall–Kier alpha value is -1.34. The number of carbonyl (C=O) groups is 2. The number of hydrogen-bond donors (Lipinski definition) is 3. The number of ether oxygens (including phenoxy) is 1. The Labute approximate surface area is 106 Å². The molecule has 1 aliphatic heterocycles. The number of aliphatic carboxylic acids is 1. The molecule has 104 valence electrons. The summed E-state index contributed by atoms with van der Waals surface area (Å²) in [5, 5.41) is 20.0. The number of aliphatic hydroxyl groups is 1. The van der Waals surface area contributed by atoms with Crippen LogP contribution in [0.4, 0.5) is 4.79 Å². The van der Waals surface area contributed by atoms with Gasteiger partial charge in [0.1, 0.15) is 6.04 Å². The van der Waals surface area contributed by atoms with E-state index >= 15 is 0 Å². The van der Waals surface area contributed by atoms with Gasteiger partial charge in [0, 0.05) is 32.7 Å². The van der Waals surface area contributed by atoms with E-state index in [2.05, 4.69) is 5.32 Å². The van der Waals surface area contributed by atoms with Crippen molar-refractivity contribution < 1.29 is 24.5 Å². The summed E-state index contributed by atoms with van der Waals surface area (Å²) in [5.41, 5.74) is 0. The summed E-state index contributed by atoms with van der Waals surface area (Å²) in [6.07, 6.45) is 0.676. The number of nitrogens with one attached hydrogen (secondary N) is 1. The predicted octanol–water partition coefficient (Wildman–Crippen LogP) is -0.358. The molecule has 1 rings (SSSR count). The lowest BCUT2D eigenvalue weighted by atomic mass is 10.2. The molecular weight excluding hydrogens is 240 g/mol. The number of rotatable bonds is 4. The Balaban J connectivity index is 2.53. The number of urea groups is 1. The SMILES string of the molecule is CC1CN(C(=O)N[C@@H](CCO)C(=O)O)CCCO1. The third kappa shape index (κ3) is 4.50. The minimum atomic E-state index is -1.14. The van der Waals surface area contributed by atoms with Gasteiger partial charge < -0.3 is 25.2 Å². The standard InChI is InChI=1S/C11H20N2O5/c1-8-7-13(4-2-6-18-8)11(17)12-9(3-5-14)10(15)16/h8-9,14H,2-7H2,1H3,(H,12,17)(H,15,16)/t8?,9-/m0/s1. The largest absolute Gasteiger partial charge is 0.480 e. The van der Waals surface area contributed by atoms with E-state index in [1.807, 2.05) is 6.92 Å². The van der Waals surface area contributed by atoms with Crippen molar-refractivity contribution in [2.75, 3.05) is 26.3 Å². The molecule has 0 aromatic rings. The fraction of sp³-hybridized carbons (Fsp3) is 0.818. The molecule has 1 aliphatic rings. The number of carbonyl (C=O) groups excluding carboxylic acids is 1. The summed E-state index contributed by atoms with van der Waals surface area (Å²) in [6, 6.07) is -1.48. The topological polar surface area (TPSA) is 99.1 Å². The highest BCUT2D eigenvalue weighted by Crippen LogP contribution is 2.06. The highest BCUT2D eigenvalue weighted by atomic mass is 16.5. The van der Waals surface area contributed by atoms with Gasteiger partial charge in [0.05, 0.1) is 6.10 Å². The van der Waals surface area contributed by atoms with Crippen molar-refractivity contribution in [3.63, 3.8) is 0 Å². The molecule has 1 heterocycles. The van der Waals surface area contributed by atoms with Crippen LogP contribution in [0.1, 0.15) is 19.8 Å². The maximum absolute atomic E-state index is 11.9. The number of amides is 2. The maximum atomic E-state index is 11.9. The first kappa shape index (κ1) is 14.7. The molecule has 18 heavy (non-hydrogen) atoms. The minimum absolute atomic E-state index is 0.000959. The molecule has 0 radical (unpaired) electrons. The van der Waals surface area contributed by atoms with Crippen molar-refractivity contribution in [1.82, 2.24) is 10.2 Å². The first-order valence-electron chi connectivity index (χ1n) is 6.05. The first-order valence-corrected chi connectivity index (χ1v) is 6.05. The number of aliphatic hydroxyl groups excluding tert-OH is 1. The summed E-state index contributed by atoms with van der Waals surface area (Å²) in [6.45, 7) is 3.17. The lowest BCUT2D eigenvalue weighted by Gasteiger charge is -2.24. The van der Waals surface area contributed by atoms with Crippen LogP contribution in [0.25, 0.3) is 0 Å². The van der Waals surface area contributed by atoms with E-state index < -0.39 is 18.0 Å². The Kier molecular flexibility index (Phi) is 5.87. The Bertz CT molecular complexity index is 297. The monoisotopic (exact) mass is 260 g/mol. The number of nitrogens with zero attached hydrogens (tertiary/aromatic N) is 1. The fourth-order valence-electron chi connectivity index (χ4n) is 1.81. The van der Waals surface area contributed by atoms with Crippen LogP contribution in [-0.2, 0) is 9.53 Å². The molecule has 1 unspecified atom stereocenters. The molecule has 7 heteroatoms. The van der Waals surface area contributed by atoms with Crippen molar-refractivity contribution in [3.8, 4) is 0 Å². The molecule has 2 atom stereocenters. The highest BCUT2D eigenvalue weighted by molar-refractivity contribution is 5.82. The van der Waals surface area contributed by atoms with Gasteiger partial charge in [-0.2, -0.15) is 0 Å². The van der Waals surface area contributed by atoms with E-state index in [0.29, 0.717) is 19.7 Å². The average Bonchev–Trinajstić information content (AvgIpc) is 2.53. The zero-order chi connectivity index (χ0) is 13.5. The van der Waals surface area contributed by atoms with E-state index in [1.54, 1.807) is 4.90 Å². The second-order valence-corrected chi connectivity index (χ2v) is 4.33. The summed E-state index contributed by atoms with van der Waals surface area (Å²) in [5.74, 6) is -1.14. The molecule has 2 amide bonds. The molecular formula is C11H20N2O5. The van der Waals surface area contributed by atoms with Crippen LogP contribution in [0.5, 0.6) is 0 Å². The van der Waals surface area contributed by atoms with Gasteiger partial charge in [-0.15, -0.1) is 0 Å². The van der Waals surface area contributed by atoms with Gasteiger partial charge >= 0.3 is 12.0 Å². The van der Waals surface area contributed by atoms with Crippen LogP contribution in [0, 0.1) is 0 Å². The van der Waals surface area contributed by atoms with Crippen LogP contribution in [0.3, 0.4) is 0 Å². The van der Waals surface area contributed by atoms with E-state index in [1.165, 1.54) is 0 Å². The lowest BCUT2D eigenvalue weighted by molar-refractivity contribution is -0.139. The van der Waals surface area contributed by atoms with Gasteiger partial charge in [-0.25, -0.2) is 9.59 Å². The molecule has 1 saturated heterocycles. The fourth-order valence-corrected chi connectivity index (χ4v) is 1.81. The summed E-state index contributed by atoms with van der Waals surface area (Å²) in [4.78, 5) is 24.3. The highest BCUT2D eigenvalue weighted by Gasteiger charge is 2.24. The van der Waals surface area contributed by atoms with Crippen LogP contribution in [0.2, 0.25) is 0 Å². The van der Waals surface area contributed by atoms with Gasteiger partial charge in [0.15, 0.2) is 0 Å². The van der Waals surface area contributed by atoms with Gasteiger partial charge in [0.25, 0.3) is 0 Å². The van der Waals surface area contributed by atoms with Gasteiger partial charge in [0.2, 0.25) is 0 Å². The summed E-state index contributed by atoms with van der Waals surface area (Å²) < 4.78 is 5.41. The van der Waals surface area contributed by atoms with E-state index in [4.69, 9.17) is 14.9 Å². The van der Waals surface area contributed by atoms with Crippen LogP contribution in [-0.4, -0.2) is 65.6 Å². The van der Waals surface area contributed by atoms with Gasteiger partial charge in [-0.05, 0) is 13.3 Å². The van der Waals surface area contributed by atoms with E-state index in [9.17, 15) is 9.59 Å².